The predicted molar refractivity (Wildman–Crippen MR) is 98.4 cm³/mol. The van der Waals surface area contributed by atoms with Crippen molar-refractivity contribution >= 4 is 16.7 Å². The molecule has 25 heavy (non-hydrogen) atoms. The fraction of sp³-hybridized carbons (Fsp3) is 0.250. The summed E-state index contributed by atoms with van der Waals surface area (Å²) in [5.41, 5.74) is 1.06. The Morgan fingerprint density at radius 2 is 1.72 bits per heavy atom. The van der Waals surface area contributed by atoms with Crippen LogP contribution in [0.3, 0.4) is 0 Å². The molecular formula is C20H21N3O2. The number of hydrogen-bond acceptors (Lipinski definition) is 3. The summed E-state index contributed by atoms with van der Waals surface area (Å²) >= 11 is 0. The fourth-order valence-corrected chi connectivity index (χ4v) is 2.84. The van der Waals surface area contributed by atoms with Gasteiger partial charge in [0.2, 0.25) is 0 Å². The third-order valence-electron chi connectivity index (χ3n) is 4.48. The number of nitrogens with zero attached hydrogens (tertiary/aromatic N) is 2. The van der Waals surface area contributed by atoms with Crippen LogP contribution in [-0.2, 0) is 6.54 Å². The molecule has 1 unspecified atom stereocenters. The second kappa shape index (κ2) is 7.30. The Balaban J connectivity index is 2.04. The average molecular weight is 335 g/mol. The molecule has 3 aromatic rings. The van der Waals surface area contributed by atoms with E-state index >= 15 is 0 Å². The number of amides is 1. The molecule has 5 nitrogen and oxygen atoms in total. The first-order chi connectivity index (χ1) is 12.1. The highest BCUT2D eigenvalue weighted by atomic mass is 16.2. The van der Waals surface area contributed by atoms with Gasteiger partial charge in [0.05, 0.1) is 5.39 Å². The molecule has 0 bridgehead atoms. The summed E-state index contributed by atoms with van der Waals surface area (Å²) in [6.07, 6.45) is 0.833. The molecule has 128 valence electrons. The van der Waals surface area contributed by atoms with Crippen molar-refractivity contribution < 1.29 is 4.79 Å². The van der Waals surface area contributed by atoms with Crippen LogP contribution in [0.15, 0.2) is 59.4 Å². The van der Waals surface area contributed by atoms with Gasteiger partial charge in [0.25, 0.3) is 11.5 Å². The Kier molecular flexibility index (Phi) is 4.93. The lowest BCUT2D eigenvalue weighted by Crippen LogP contribution is -2.38. The molecule has 0 aliphatic carbocycles. The molecule has 3 rings (SSSR count). The zero-order valence-electron chi connectivity index (χ0n) is 14.4. The molecule has 1 N–H and O–H groups in total. The maximum absolute atomic E-state index is 13.2. The highest BCUT2D eigenvalue weighted by Gasteiger charge is 2.24. The number of aromatic amines is 1. The monoisotopic (exact) mass is 335 g/mol. The number of fused-ring (bicyclic) bond motifs is 1. The van der Waals surface area contributed by atoms with Crippen LogP contribution in [0, 0.1) is 0 Å². The molecule has 0 fully saturated rings. The van der Waals surface area contributed by atoms with Crippen LogP contribution in [0.4, 0.5) is 0 Å². The van der Waals surface area contributed by atoms with E-state index < -0.39 is 0 Å². The minimum absolute atomic E-state index is 0.0557. The lowest BCUT2D eigenvalue weighted by atomic mass is 10.1. The van der Waals surface area contributed by atoms with Gasteiger partial charge in [-0.3, -0.25) is 9.59 Å². The molecule has 1 amide bonds. The van der Waals surface area contributed by atoms with Crippen molar-refractivity contribution in [2.75, 3.05) is 0 Å². The summed E-state index contributed by atoms with van der Waals surface area (Å²) in [5, 5.41) is 7.56. The number of benzene rings is 2. The van der Waals surface area contributed by atoms with E-state index in [1.807, 2.05) is 55.1 Å². The van der Waals surface area contributed by atoms with Crippen LogP contribution in [-0.4, -0.2) is 27.0 Å². The molecule has 0 spiro atoms. The van der Waals surface area contributed by atoms with Crippen molar-refractivity contribution in [2.24, 2.45) is 0 Å². The van der Waals surface area contributed by atoms with Crippen molar-refractivity contribution in [3.05, 3.63) is 76.2 Å². The predicted octanol–water partition coefficient (Wildman–Crippen LogP) is 3.36. The van der Waals surface area contributed by atoms with E-state index in [2.05, 4.69) is 10.2 Å². The van der Waals surface area contributed by atoms with Crippen LogP contribution in [0.5, 0.6) is 0 Å². The summed E-state index contributed by atoms with van der Waals surface area (Å²) in [6.45, 7) is 4.58. The van der Waals surface area contributed by atoms with Gasteiger partial charge >= 0.3 is 0 Å². The van der Waals surface area contributed by atoms with Crippen molar-refractivity contribution in [1.29, 1.82) is 0 Å². The van der Waals surface area contributed by atoms with Crippen LogP contribution < -0.4 is 5.56 Å². The summed E-state index contributed by atoms with van der Waals surface area (Å²) in [6, 6.07) is 17.0. The van der Waals surface area contributed by atoms with Crippen LogP contribution >= 0.6 is 0 Å². The quantitative estimate of drug-likeness (QED) is 0.777. The second-order valence-corrected chi connectivity index (χ2v) is 6.12. The van der Waals surface area contributed by atoms with Crippen LogP contribution in [0.2, 0.25) is 0 Å². The van der Waals surface area contributed by atoms with Crippen molar-refractivity contribution in [1.82, 2.24) is 15.1 Å². The van der Waals surface area contributed by atoms with E-state index in [1.165, 1.54) is 0 Å². The molecule has 0 saturated heterocycles. The standard InChI is InChI=1S/C20H21N3O2/c1-3-14(2)23(13-15-9-5-4-6-10-15)20(25)18-16-11-7-8-12-17(16)19(24)22-21-18/h4-12,14H,3,13H2,1-2H3,(H,22,24). The largest absolute Gasteiger partial charge is 0.330 e. The van der Waals surface area contributed by atoms with Gasteiger partial charge in [0, 0.05) is 18.0 Å². The third-order valence-corrected chi connectivity index (χ3v) is 4.48. The van der Waals surface area contributed by atoms with Gasteiger partial charge in [0.1, 0.15) is 0 Å². The zero-order chi connectivity index (χ0) is 17.8. The van der Waals surface area contributed by atoms with E-state index in [-0.39, 0.29) is 23.2 Å². The van der Waals surface area contributed by atoms with Gasteiger partial charge in [0.15, 0.2) is 5.69 Å². The molecule has 0 aliphatic rings. The van der Waals surface area contributed by atoms with Gasteiger partial charge < -0.3 is 4.90 Å². The van der Waals surface area contributed by atoms with E-state index in [0.717, 1.165) is 12.0 Å². The van der Waals surface area contributed by atoms with E-state index in [4.69, 9.17) is 0 Å². The Bertz CT molecular complexity index is 934. The minimum atomic E-state index is -0.287. The van der Waals surface area contributed by atoms with Gasteiger partial charge in [-0.15, -0.1) is 0 Å². The maximum atomic E-state index is 13.2. The van der Waals surface area contributed by atoms with E-state index in [0.29, 0.717) is 17.3 Å². The molecule has 1 atom stereocenters. The molecule has 0 aliphatic heterocycles. The van der Waals surface area contributed by atoms with Gasteiger partial charge in [-0.05, 0) is 25.0 Å². The Hall–Kier alpha value is -2.95. The Morgan fingerprint density at radius 1 is 1.08 bits per heavy atom. The first-order valence-corrected chi connectivity index (χ1v) is 8.44. The van der Waals surface area contributed by atoms with Crippen LogP contribution in [0.1, 0.15) is 36.3 Å². The summed E-state index contributed by atoms with van der Waals surface area (Å²) in [4.78, 5) is 27.0. The highest BCUT2D eigenvalue weighted by molar-refractivity contribution is 6.04. The number of aromatic nitrogens is 2. The molecule has 0 radical (unpaired) electrons. The summed E-state index contributed by atoms with van der Waals surface area (Å²) < 4.78 is 0. The van der Waals surface area contributed by atoms with Gasteiger partial charge in [-0.1, -0.05) is 55.5 Å². The lowest BCUT2D eigenvalue weighted by Gasteiger charge is -2.28. The molecule has 0 saturated carbocycles. The number of hydrogen-bond donors (Lipinski definition) is 1. The smallest absolute Gasteiger partial charge is 0.275 e. The molecular weight excluding hydrogens is 314 g/mol. The van der Waals surface area contributed by atoms with Crippen molar-refractivity contribution in [2.45, 2.75) is 32.9 Å². The van der Waals surface area contributed by atoms with Crippen molar-refractivity contribution in [3.63, 3.8) is 0 Å². The fourth-order valence-electron chi connectivity index (χ4n) is 2.84. The number of carbonyl (C=O) groups excluding carboxylic acids is 1. The summed E-state index contributed by atoms with van der Waals surface area (Å²) in [7, 11) is 0. The molecule has 2 aromatic carbocycles. The number of carbonyl (C=O) groups is 1. The van der Waals surface area contributed by atoms with E-state index in [9.17, 15) is 9.59 Å². The Labute approximate surface area is 146 Å². The topological polar surface area (TPSA) is 66.1 Å². The van der Waals surface area contributed by atoms with Crippen LogP contribution in [0.25, 0.3) is 10.8 Å². The zero-order valence-corrected chi connectivity index (χ0v) is 14.4. The first-order valence-electron chi connectivity index (χ1n) is 8.44. The lowest BCUT2D eigenvalue weighted by molar-refractivity contribution is 0.0666. The highest BCUT2D eigenvalue weighted by Crippen LogP contribution is 2.18. The third kappa shape index (κ3) is 3.45. The maximum Gasteiger partial charge on any atom is 0.275 e. The normalized spacial score (nSPS) is 12.1. The second-order valence-electron chi connectivity index (χ2n) is 6.12. The molecule has 1 heterocycles. The first kappa shape index (κ1) is 16.9. The number of rotatable bonds is 5. The summed E-state index contributed by atoms with van der Waals surface area (Å²) in [5.74, 6) is -0.175. The number of H-pyrrole nitrogens is 1. The van der Waals surface area contributed by atoms with Crippen molar-refractivity contribution in [3.8, 4) is 0 Å². The van der Waals surface area contributed by atoms with Gasteiger partial charge in [-0.25, -0.2) is 5.10 Å². The van der Waals surface area contributed by atoms with Gasteiger partial charge in [-0.2, -0.15) is 5.10 Å². The SMILES string of the molecule is CCC(C)N(Cc1ccccc1)C(=O)c1n[nH]c(=O)c2ccccc12. The molecule has 5 heteroatoms. The minimum Gasteiger partial charge on any atom is -0.330 e. The molecule has 1 aromatic heterocycles. The number of nitrogens with one attached hydrogen (secondary N) is 1. The average Bonchev–Trinajstić information content (AvgIpc) is 2.66. The Morgan fingerprint density at radius 3 is 2.40 bits per heavy atom. The van der Waals surface area contributed by atoms with E-state index in [1.54, 1.807) is 18.2 Å².